The minimum atomic E-state index is -1.48. The van der Waals surface area contributed by atoms with Crippen molar-refractivity contribution >= 4 is 16.9 Å². The molecule has 2 rings (SSSR count). The summed E-state index contributed by atoms with van der Waals surface area (Å²) in [6.45, 7) is 0. The van der Waals surface area contributed by atoms with Gasteiger partial charge in [-0.25, -0.2) is 9.18 Å². The van der Waals surface area contributed by atoms with Gasteiger partial charge in [-0.2, -0.15) is 4.39 Å². The Bertz CT molecular complexity index is 770. The number of halogens is 2. The van der Waals surface area contributed by atoms with E-state index in [1.54, 1.807) is 0 Å². The van der Waals surface area contributed by atoms with Crippen molar-refractivity contribution in [3.05, 3.63) is 39.7 Å². The molecule has 0 aliphatic carbocycles. The molecular formula is C12H10F2N2O4. The first-order chi connectivity index (χ1) is 9.42. The molecule has 1 aromatic carbocycles. The van der Waals surface area contributed by atoms with E-state index in [1.165, 1.54) is 7.05 Å². The van der Waals surface area contributed by atoms with Gasteiger partial charge in [0.05, 0.1) is 12.5 Å². The highest BCUT2D eigenvalue weighted by molar-refractivity contribution is 5.95. The summed E-state index contributed by atoms with van der Waals surface area (Å²) in [5.41, 5.74) is 1.01. The number of benzene rings is 1. The Morgan fingerprint density at radius 2 is 2.10 bits per heavy atom. The van der Waals surface area contributed by atoms with Gasteiger partial charge >= 0.3 is 5.97 Å². The summed E-state index contributed by atoms with van der Waals surface area (Å²) in [6, 6.07) is 0.618. The molecule has 1 heterocycles. The second-order valence-electron chi connectivity index (χ2n) is 3.87. The van der Waals surface area contributed by atoms with Crippen molar-refractivity contribution < 1.29 is 23.4 Å². The van der Waals surface area contributed by atoms with E-state index < -0.39 is 28.8 Å². The molecule has 0 saturated heterocycles. The van der Waals surface area contributed by atoms with Gasteiger partial charge in [0.25, 0.3) is 0 Å². The molecule has 8 heteroatoms. The quantitative estimate of drug-likeness (QED) is 0.802. The van der Waals surface area contributed by atoms with Crippen LogP contribution in [0.1, 0.15) is 10.4 Å². The molecule has 0 saturated carbocycles. The first-order valence-corrected chi connectivity index (χ1v) is 5.44. The third-order valence-corrected chi connectivity index (χ3v) is 2.80. The maximum atomic E-state index is 13.4. The maximum Gasteiger partial charge on any atom is 0.343 e. The van der Waals surface area contributed by atoms with Gasteiger partial charge in [-0.05, 0) is 6.07 Å². The molecule has 0 unspecified atom stereocenters. The monoisotopic (exact) mass is 284 g/mol. The summed E-state index contributed by atoms with van der Waals surface area (Å²) in [6.07, 6.45) is 1.04. The molecule has 1 aromatic heterocycles. The molecule has 2 aromatic rings. The number of phenolic OH excluding ortho intramolecular Hbond substituents is 1. The number of ether oxygens (including phenoxy) is 1. The van der Waals surface area contributed by atoms with Crippen LogP contribution in [0.15, 0.2) is 17.1 Å². The Morgan fingerprint density at radius 1 is 1.45 bits per heavy atom. The third-order valence-electron chi connectivity index (χ3n) is 2.80. The lowest BCUT2D eigenvalue weighted by Gasteiger charge is -2.13. The van der Waals surface area contributed by atoms with Gasteiger partial charge in [0.1, 0.15) is 11.1 Å². The Hall–Kier alpha value is -2.64. The van der Waals surface area contributed by atoms with Crippen LogP contribution < -0.4 is 10.9 Å². The SMILES string of the molecule is CNn1cc(C(=O)OC)c(=O)c2cc(F)c(F)c(O)c21. The summed E-state index contributed by atoms with van der Waals surface area (Å²) < 4.78 is 32.2. The molecule has 0 atom stereocenters. The molecule has 106 valence electrons. The molecule has 0 amide bonds. The fraction of sp³-hybridized carbons (Fsp3) is 0.167. The lowest BCUT2D eigenvalue weighted by Crippen LogP contribution is -2.23. The molecule has 0 spiro atoms. The molecule has 20 heavy (non-hydrogen) atoms. The molecule has 6 nitrogen and oxygen atoms in total. The minimum absolute atomic E-state index is 0.274. The van der Waals surface area contributed by atoms with E-state index in [-0.39, 0.29) is 16.5 Å². The van der Waals surface area contributed by atoms with Crippen LogP contribution in [-0.2, 0) is 4.74 Å². The predicted molar refractivity (Wildman–Crippen MR) is 66.4 cm³/mol. The first-order valence-electron chi connectivity index (χ1n) is 5.44. The van der Waals surface area contributed by atoms with Crippen molar-refractivity contribution in [3.63, 3.8) is 0 Å². The molecule has 0 radical (unpaired) electrons. The number of carbonyl (C=O) groups excluding carboxylic acids is 1. The third kappa shape index (κ3) is 1.85. The lowest BCUT2D eigenvalue weighted by molar-refractivity contribution is 0.0598. The normalized spacial score (nSPS) is 10.6. The van der Waals surface area contributed by atoms with E-state index >= 15 is 0 Å². The molecule has 0 fully saturated rings. The Kier molecular flexibility index (Phi) is 3.31. The van der Waals surface area contributed by atoms with Crippen LogP contribution in [0.25, 0.3) is 10.9 Å². The van der Waals surface area contributed by atoms with Crippen molar-refractivity contribution in [1.82, 2.24) is 4.68 Å². The number of nitrogens with zero attached hydrogens (tertiary/aromatic N) is 1. The van der Waals surface area contributed by atoms with E-state index in [1.807, 2.05) is 0 Å². The van der Waals surface area contributed by atoms with Crippen LogP contribution in [0.2, 0.25) is 0 Å². The number of carbonyl (C=O) groups is 1. The highest BCUT2D eigenvalue weighted by Crippen LogP contribution is 2.28. The Balaban J connectivity index is 3.01. The number of fused-ring (bicyclic) bond motifs is 1. The summed E-state index contributed by atoms with van der Waals surface area (Å²) >= 11 is 0. The van der Waals surface area contributed by atoms with E-state index in [9.17, 15) is 23.5 Å². The number of phenols is 1. The van der Waals surface area contributed by atoms with Crippen molar-refractivity contribution in [2.75, 3.05) is 19.6 Å². The van der Waals surface area contributed by atoms with Gasteiger partial charge in [0, 0.05) is 13.2 Å². The van der Waals surface area contributed by atoms with Crippen molar-refractivity contribution in [3.8, 4) is 5.75 Å². The van der Waals surface area contributed by atoms with Crippen molar-refractivity contribution in [1.29, 1.82) is 0 Å². The Morgan fingerprint density at radius 3 is 2.65 bits per heavy atom. The number of esters is 1. The zero-order valence-corrected chi connectivity index (χ0v) is 10.5. The van der Waals surface area contributed by atoms with E-state index in [0.29, 0.717) is 6.07 Å². The molecular weight excluding hydrogens is 274 g/mol. The second kappa shape index (κ2) is 4.80. The Labute approximate surface area is 111 Å². The van der Waals surface area contributed by atoms with Crippen molar-refractivity contribution in [2.24, 2.45) is 0 Å². The zero-order valence-electron chi connectivity index (χ0n) is 10.5. The number of hydrogen-bond acceptors (Lipinski definition) is 5. The van der Waals surface area contributed by atoms with E-state index in [0.717, 1.165) is 18.0 Å². The molecule has 0 bridgehead atoms. The summed E-state index contributed by atoms with van der Waals surface area (Å²) in [4.78, 5) is 23.6. The number of nitrogens with one attached hydrogen (secondary N) is 1. The number of methoxy groups -OCH3 is 1. The van der Waals surface area contributed by atoms with E-state index in [4.69, 9.17) is 0 Å². The lowest BCUT2D eigenvalue weighted by atomic mass is 10.1. The maximum absolute atomic E-state index is 13.4. The van der Waals surface area contributed by atoms with Crippen LogP contribution in [-0.4, -0.2) is 29.9 Å². The summed E-state index contributed by atoms with van der Waals surface area (Å²) in [7, 11) is 2.49. The highest BCUT2D eigenvalue weighted by atomic mass is 19.2. The van der Waals surface area contributed by atoms with Gasteiger partial charge in [0.15, 0.2) is 11.6 Å². The molecule has 0 aliphatic rings. The minimum Gasteiger partial charge on any atom is -0.503 e. The van der Waals surface area contributed by atoms with Gasteiger partial charge in [-0.15, -0.1) is 0 Å². The first kappa shape index (κ1) is 13.8. The van der Waals surface area contributed by atoms with Crippen LogP contribution in [0.4, 0.5) is 8.78 Å². The van der Waals surface area contributed by atoms with Gasteiger partial charge in [-0.1, -0.05) is 0 Å². The second-order valence-corrected chi connectivity index (χ2v) is 3.87. The van der Waals surface area contributed by atoms with Crippen molar-refractivity contribution in [2.45, 2.75) is 0 Å². The average Bonchev–Trinajstić information content (AvgIpc) is 2.45. The van der Waals surface area contributed by atoms with Gasteiger partial charge in [0.2, 0.25) is 11.2 Å². The molecule has 0 aliphatic heterocycles. The molecule has 2 N–H and O–H groups in total. The van der Waals surface area contributed by atoms with E-state index in [2.05, 4.69) is 10.2 Å². The van der Waals surface area contributed by atoms with Crippen LogP contribution in [0.3, 0.4) is 0 Å². The van der Waals surface area contributed by atoms with Crippen LogP contribution >= 0.6 is 0 Å². The zero-order chi connectivity index (χ0) is 15.0. The number of aromatic nitrogens is 1. The smallest absolute Gasteiger partial charge is 0.343 e. The van der Waals surface area contributed by atoms with Crippen LogP contribution in [0.5, 0.6) is 5.75 Å². The largest absolute Gasteiger partial charge is 0.503 e. The fourth-order valence-electron chi connectivity index (χ4n) is 1.85. The fourth-order valence-corrected chi connectivity index (χ4v) is 1.85. The number of pyridine rings is 1. The summed E-state index contributed by atoms with van der Waals surface area (Å²) in [5, 5.41) is 9.28. The van der Waals surface area contributed by atoms with Gasteiger partial charge < -0.3 is 15.3 Å². The van der Waals surface area contributed by atoms with Crippen LogP contribution in [0, 0.1) is 11.6 Å². The number of hydrogen-bond donors (Lipinski definition) is 2. The standard InChI is InChI=1S/C12H10F2N2O4/c1-15-16-4-6(12(19)20-2)10(17)5-3-7(13)8(14)11(18)9(5)16/h3-4,15,18H,1-2H3. The summed E-state index contributed by atoms with van der Waals surface area (Å²) in [5.74, 6) is -4.82. The number of aromatic hydroxyl groups is 1. The number of rotatable bonds is 2. The predicted octanol–water partition coefficient (Wildman–Crippen LogP) is 0.945. The topological polar surface area (TPSA) is 80.6 Å². The average molecular weight is 284 g/mol. The van der Waals surface area contributed by atoms with Gasteiger partial charge in [-0.3, -0.25) is 9.47 Å². The highest BCUT2D eigenvalue weighted by Gasteiger charge is 2.21.